The molecule has 2 amide bonds. The van der Waals surface area contributed by atoms with E-state index in [0.717, 1.165) is 22.6 Å². The van der Waals surface area contributed by atoms with Crippen molar-refractivity contribution in [2.45, 2.75) is 11.8 Å². The molecule has 1 aromatic heterocycles. The van der Waals surface area contributed by atoms with E-state index in [2.05, 4.69) is 4.57 Å². The van der Waals surface area contributed by atoms with Gasteiger partial charge >= 0.3 is 0 Å². The van der Waals surface area contributed by atoms with Gasteiger partial charge in [0.05, 0.1) is 25.5 Å². The third-order valence-corrected chi connectivity index (χ3v) is 6.61. The van der Waals surface area contributed by atoms with Crippen molar-refractivity contribution in [3.8, 4) is 28.4 Å². The highest BCUT2D eigenvalue weighted by Crippen LogP contribution is 2.34. The Balaban J connectivity index is 1.72. The third-order valence-electron chi connectivity index (χ3n) is 6.24. The standard InChI is InChI=1S/C26H27Cl2N3O4/c1-17-20(25(32)29-11-13-30(14-12-29)26(33)24(27)28)16-21(18-7-5-4-6-8-18)31(17)19-9-10-22(34-2)23(15-19)35-3/h4-10,15-16,24H,11-14H2,1-3H3. The number of halogens is 2. The summed E-state index contributed by atoms with van der Waals surface area (Å²) in [6.07, 6.45) is 0. The monoisotopic (exact) mass is 515 g/mol. The summed E-state index contributed by atoms with van der Waals surface area (Å²) >= 11 is 11.5. The first-order chi connectivity index (χ1) is 16.8. The summed E-state index contributed by atoms with van der Waals surface area (Å²) in [5, 5.41) is 0. The second-order valence-corrected chi connectivity index (χ2v) is 9.28. The minimum absolute atomic E-state index is 0.0840. The van der Waals surface area contributed by atoms with Crippen molar-refractivity contribution in [3.05, 3.63) is 65.9 Å². The molecule has 2 heterocycles. The molecule has 1 saturated heterocycles. The molecule has 9 heteroatoms. The molecule has 0 atom stereocenters. The van der Waals surface area contributed by atoms with E-state index in [1.165, 1.54) is 0 Å². The lowest BCUT2D eigenvalue weighted by Gasteiger charge is -2.35. The molecule has 0 spiro atoms. The lowest BCUT2D eigenvalue weighted by atomic mass is 10.1. The number of carbonyl (C=O) groups excluding carboxylic acids is 2. The third kappa shape index (κ3) is 4.97. The lowest BCUT2D eigenvalue weighted by Crippen LogP contribution is -2.51. The number of methoxy groups -OCH3 is 2. The van der Waals surface area contributed by atoms with Crippen molar-refractivity contribution in [1.82, 2.24) is 14.4 Å². The van der Waals surface area contributed by atoms with Crippen molar-refractivity contribution in [2.75, 3.05) is 40.4 Å². The van der Waals surface area contributed by atoms with Crippen LogP contribution in [-0.4, -0.2) is 71.4 Å². The van der Waals surface area contributed by atoms with Crippen LogP contribution in [0.4, 0.5) is 0 Å². The van der Waals surface area contributed by atoms with Crippen molar-refractivity contribution in [3.63, 3.8) is 0 Å². The number of hydrogen-bond donors (Lipinski definition) is 0. The maximum Gasteiger partial charge on any atom is 0.255 e. The van der Waals surface area contributed by atoms with Gasteiger partial charge in [0, 0.05) is 43.6 Å². The normalized spacial score (nSPS) is 13.8. The number of ether oxygens (including phenoxy) is 2. The molecule has 7 nitrogen and oxygen atoms in total. The number of amides is 2. The van der Waals surface area contributed by atoms with E-state index in [1.807, 2.05) is 61.5 Å². The Kier molecular flexibility index (Phi) is 7.57. The van der Waals surface area contributed by atoms with Crippen molar-refractivity contribution < 1.29 is 19.1 Å². The van der Waals surface area contributed by atoms with Crippen LogP contribution >= 0.6 is 23.2 Å². The molecule has 0 saturated carbocycles. The van der Waals surface area contributed by atoms with Crippen LogP contribution in [0.3, 0.4) is 0 Å². The molecule has 2 aromatic carbocycles. The molecule has 1 aliphatic heterocycles. The average Bonchev–Trinajstić information content (AvgIpc) is 3.24. The van der Waals surface area contributed by atoms with Crippen LogP contribution in [0.15, 0.2) is 54.6 Å². The Bertz CT molecular complexity index is 1220. The maximum atomic E-state index is 13.6. The highest BCUT2D eigenvalue weighted by atomic mass is 35.5. The zero-order valence-corrected chi connectivity index (χ0v) is 21.3. The van der Waals surface area contributed by atoms with Crippen LogP contribution in [0.1, 0.15) is 16.1 Å². The SMILES string of the molecule is COc1ccc(-n2c(-c3ccccc3)cc(C(=O)N3CCN(C(=O)C(Cl)Cl)CC3)c2C)cc1OC. The largest absolute Gasteiger partial charge is 0.493 e. The maximum absolute atomic E-state index is 13.6. The smallest absolute Gasteiger partial charge is 0.255 e. The quantitative estimate of drug-likeness (QED) is 0.451. The summed E-state index contributed by atoms with van der Waals surface area (Å²) in [5.74, 6) is 0.812. The van der Waals surface area contributed by atoms with E-state index in [4.69, 9.17) is 32.7 Å². The molecule has 1 aliphatic rings. The van der Waals surface area contributed by atoms with E-state index >= 15 is 0 Å². The fraction of sp³-hybridized carbons (Fsp3) is 0.308. The molecule has 0 unspecified atom stereocenters. The number of piperazine rings is 1. The number of benzene rings is 2. The first-order valence-electron chi connectivity index (χ1n) is 11.2. The molecule has 1 fully saturated rings. The van der Waals surface area contributed by atoms with Crippen LogP contribution < -0.4 is 9.47 Å². The first kappa shape index (κ1) is 24.9. The number of aromatic nitrogens is 1. The van der Waals surface area contributed by atoms with Crippen LogP contribution in [0.25, 0.3) is 16.9 Å². The van der Waals surface area contributed by atoms with Gasteiger partial charge in [0.2, 0.25) is 0 Å². The van der Waals surface area contributed by atoms with Gasteiger partial charge in [-0.3, -0.25) is 9.59 Å². The van der Waals surface area contributed by atoms with Crippen molar-refractivity contribution >= 4 is 35.0 Å². The van der Waals surface area contributed by atoms with E-state index in [9.17, 15) is 9.59 Å². The number of alkyl halides is 2. The molecule has 35 heavy (non-hydrogen) atoms. The Labute approximate surface area is 214 Å². The predicted octanol–water partition coefficient (Wildman–Crippen LogP) is 4.56. The summed E-state index contributed by atoms with van der Waals surface area (Å²) in [6, 6.07) is 17.5. The number of hydrogen-bond acceptors (Lipinski definition) is 4. The first-order valence-corrected chi connectivity index (χ1v) is 12.1. The summed E-state index contributed by atoms with van der Waals surface area (Å²) in [6.45, 7) is 3.53. The molecule has 184 valence electrons. The topological polar surface area (TPSA) is 64.0 Å². The highest BCUT2D eigenvalue weighted by molar-refractivity contribution is 6.53. The van der Waals surface area contributed by atoms with Crippen LogP contribution in [-0.2, 0) is 4.79 Å². The van der Waals surface area contributed by atoms with E-state index in [-0.39, 0.29) is 11.8 Å². The van der Waals surface area contributed by atoms with Crippen molar-refractivity contribution in [2.24, 2.45) is 0 Å². The number of nitrogens with zero attached hydrogens (tertiary/aromatic N) is 3. The Hall–Kier alpha value is -3.16. The zero-order chi connectivity index (χ0) is 25.1. The number of rotatable bonds is 6. The van der Waals surface area contributed by atoms with Gasteiger partial charge in [-0.25, -0.2) is 0 Å². The van der Waals surface area contributed by atoms with Crippen molar-refractivity contribution in [1.29, 1.82) is 0 Å². The van der Waals surface area contributed by atoms with Gasteiger partial charge in [-0.2, -0.15) is 0 Å². The van der Waals surface area contributed by atoms with E-state index < -0.39 is 4.84 Å². The Morgan fingerprint density at radius 3 is 2.09 bits per heavy atom. The van der Waals surface area contributed by atoms with Crippen LogP contribution in [0.5, 0.6) is 11.5 Å². The van der Waals surface area contributed by atoms with Gasteiger partial charge in [-0.05, 0) is 30.7 Å². The Morgan fingerprint density at radius 1 is 0.857 bits per heavy atom. The van der Waals surface area contributed by atoms with Gasteiger partial charge < -0.3 is 23.8 Å². The second-order valence-electron chi connectivity index (χ2n) is 8.19. The molecular weight excluding hydrogens is 489 g/mol. The molecule has 4 rings (SSSR count). The fourth-order valence-corrected chi connectivity index (χ4v) is 4.66. The van der Waals surface area contributed by atoms with Gasteiger partial charge in [-0.15, -0.1) is 0 Å². The minimum Gasteiger partial charge on any atom is -0.493 e. The van der Waals surface area contributed by atoms with Gasteiger partial charge in [-0.1, -0.05) is 53.5 Å². The molecule has 0 aliphatic carbocycles. The molecule has 0 bridgehead atoms. The summed E-state index contributed by atoms with van der Waals surface area (Å²) in [5.41, 5.74) is 4.13. The molecular formula is C26H27Cl2N3O4. The number of carbonyl (C=O) groups is 2. The fourth-order valence-electron chi connectivity index (χ4n) is 4.38. The lowest BCUT2D eigenvalue weighted by molar-refractivity contribution is -0.130. The predicted molar refractivity (Wildman–Crippen MR) is 137 cm³/mol. The average molecular weight is 516 g/mol. The van der Waals surface area contributed by atoms with Gasteiger partial charge in [0.1, 0.15) is 0 Å². The van der Waals surface area contributed by atoms with Crippen LogP contribution in [0, 0.1) is 6.92 Å². The summed E-state index contributed by atoms with van der Waals surface area (Å²) < 4.78 is 13.0. The molecule has 0 N–H and O–H groups in total. The van der Waals surface area contributed by atoms with Crippen LogP contribution in [0.2, 0.25) is 0 Å². The van der Waals surface area contributed by atoms with Gasteiger partial charge in [0.15, 0.2) is 16.3 Å². The zero-order valence-electron chi connectivity index (χ0n) is 19.8. The van der Waals surface area contributed by atoms with E-state index in [0.29, 0.717) is 43.2 Å². The van der Waals surface area contributed by atoms with Gasteiger partial charge in [0.25, 0.3) is 11.8 Å². The minimum atomic E-state index is -1.09. The second kappa shape index (κ2) is 10.6. The van der Waals surface area contributed by atoms with E-state index in [1.54, 1.807) is 24.0 Å². The molecule has 0 radical (unpaired) electrons. The summed E-state index contributed by atoms with van der Waals surface area (Å²) in [7, 11) is 3.19. The highest BCUT2D eigenvalue weighted by Gasteiger charge is 2.29. The summed E-state index contributed by atoms with van der Waals surface area (Å²) in [4.78, 5) is 27.9. The molecule has 3 aromatic rings. The Morgan fingerprint density at radius 2 is 1.49 bits per heavy atom.